The van der Waals surface area contributed by atoms with Gasteiger partial charge in [-0.15, -0.1) is 0 Å². The van der Waals surface area contributed by atoms with Gasteiger partial charge in [0.1, 0.15) is 11.5 Å². The van der Waals surface area contributed by atoms with Crippen LogP contribution in [0, 0.1) is 0 Å². The lowest BCUT2D eigenvalue weighted by Crippen LogP contribution is -1.93. The van der Waals surface area contributed by atoms with Crippen LogP contribution in [0.25, 0.3) is 0 Å². The Bertz CT molecular complexity index is 336. The summed E-state index contributed by atoms with van der Waals surface area (Å²) in [6.45, 7) is 0. The largest absolute Gasteiger partial charge is 0.454 e. The SMILES string of the molecule is C1=CC=CCC=1OC1=CCCC=C1. The van der Waals surface area contributed by atoms with Crippen molar-refractivity contribution in [1.29, 1.82) is 0 Å². The zero-order valence-corrected chi connectivity index (χ0v) is 7.49. The maximum absolute atomic E-state index is 5.63. The first-order valence-electron chi connectivity index (χ1n) is 4.60. The Morgan fingerprint density at radius 3 is 2.92 bits per heavy atom. The van der Waals surface area contributed by atoms with Gasteiger partial charge in [-0.25, -0.2) is 0 Å². The Labute approximate surface area is 78.4 Å². The molecule has 0 unspecified atom stereocenters. The lowest BCUT2D eigenvalue weighted by atomic mass is 10.2. The van der Waals surface area contributed by atoms with Gasteiger partial charge >= 0.3 is 0 Å². The first-order chi connectivity index (χ1) is 6.45. The molecule has 0 aromatic heterocycles. The van der Waals surface area contributed by atoms with Gasteiger partial charge in [-0.3, -0.25) is 0 Å². The van der Waals surface area contributed by atoms with E-state index in [9.17, 15) is 0 Å². The van der Waals surface area contributed by atoms with E-state index < -0.39 is 0 Å². The molecular weight excluding hydrogens is 160 g/mol. The van der Waals surface area contributed by atoms with Crippen molar-refractivity contribution in [1.82, 2.24) is 0 Å². The summed E-state index contributed by atoms with van der Waals surface area (Å²) in [4.78, 5) is 0. The van der Waals surface area contributed by atoms with E-state index in [-0.39, 0.29) is 0 Å². The summed E-state index contributed by atoms with van der Waals surface area (Å²) in [5, 5.41) is 0. The van der Waals surface area contributed by atoms with Gasteiger partial charge in [0.25, 0.3) is 0 Å². The highest BCUT2D eigenvalue weighted by molar-refractivity contribution is 5.21. The van der Waals surface area contributed by atoms with Crippen molar-refractivity contribution >= 4 is 0 Å². The minimum absolute atomic E-state index is 0.849. The third-order valence-corrected chi connectivity index (χ3v) is 1.98. The van der Waals surface area contributed by atoms with Gasteiger partial charge < -0.3 is 4.74 Å². The van der Waals surface area contributed by atoms with E-state index in [1.54, 1.807) is 0 Å². The molecule has 2 aliphatic carbocycles. The fourth-order valence-corrected chi connectivity index (χ4v) is 1.32. The molecule has 2 aliphatic rings. The van der Waals surface area contributed by atoms with E-state index in [0.717, 1.165) is 30.8 Å². The molecule has 0 fully saturated rings. The van der Waals surface area contributed by atoms with Crippen LogP contribution in [0.5, 0.6) is 0 Å². The molecule has 0 atom stereocenters. The minimum atomic E-state index is 0.849. The van der Waals surface area contributed by atoms with Crippen LogP contribution in [-0.2, 0) is 4.74 Å². The van der Waals surface area contributed by atoms with Crippen molar-refractivity contribution in [2.45, 2.75) is 19.3 Å². The van der Waals surface area contributed by atoms with Crippen molar-refractivity contribution in [2.24, 2.45) is 0 Å². The Morgan fingerprint density at radius 1 is 1.23 bits per heavy atom. The van der Waals surface area contributed by atoms with E-state index in [1.807, 2.05) is 18.2 Å². The van der Waals surface area contributed by atoms with Crippen LogP contribution in [0.2, 0.25) is 0 Å². The number of hydrogen-bond acceptors (Lipinski definition) is 1. The van der Waals surface area contributed by atoms with Gasteiger partial charge in [-0.2, -0.15) is 0 Å². The maximum atomic E-state index is 5.63. The number of rotatable bonds is 2. The van der Waals surface area contributed by atoms with Crippen molar-refractivity contribution in [3.8, 4) is 0 Å². The van der Waals surface area contributed by atoms with Crippen molar-refractivity contribution in [3.63, 3.8) is 0 Å². The smallest absolute Gasteiger partial charge is 0.150 e. The molecule has 0 radical (unpaired) electrons. The zero-order chi connectivity index (χ0) is 8.93. The number of ether oxygens (including phenoxy) is 1. The highest BCUT2D eigenvalue weighted by atomic mass is 16.5. The second-order valence-electron chi connectivity index (χ2n) is 3.05. The van der Waals surface area contributed by atoms with Crippen LogP contribution in [0.15, 0.2) is 53.7 Å². The van der Waals surface area contributed by atoms with Crippen LogP contribution >= 0.6 is 0 Å². The molecule has 2 rings (SSSR count). The summed E-state index contributed by atoms with van der Waals surface area (Å²) in [6, 6.07) is 0. The Balaban J connectivity index is 2.02. The van der Waals surface area contributed by atoms with Crippen molar-refractivity contribution in [3.05, 3.63) is 53.7 Å². The molecule has 0 aliphatic heterocycles. The predicted octanol–water partition coefficient (Wildman–Crippen LogP) is 3.24. The van der Waals surface area contributed by atoms with E-state index in [4.69, 9.17) is 4.74 Å². The maximum Gasteiger partial charge on any atom is 0.150 e. The molecule has 0 spiro atoms. The molecule has 0 aromatic carbocycles. The monoisotopic (exact) mass is 172 g/mol. The van der Waals surface area contributed by atoms with Gasteiger partial charge in [-0.05, 0) is 31.1 Å². The fraction of sp³-hybridized carbons (Fsp3) is 0.250. The van der Waals surface area contributed by atoms with E-state index in [1.165, 1.54) is 0 Å². The normalized spacial score (nSPS) is 19.7. The average Bonchev–Trinajstić information content (AvgIpc) is 2.21. The zero-order valence-electron chi connectivity index (χ0n) is 7.49. The molecule has 0 saturated carbocycles. The van der Waals surface area contributed by atoms with E-state index >= 15 is 0 Å². The minimum Gasteiger partial charge on any atom is -0.454 e. The Kier molecular flexibility index (Phi) is 2.49. The van der Waals surface area contributed by atoms with Crippen LogP contribution in [0.1, 0.15) is 19.3 Å². The number of allylic oxidation sites excluding steroid dienone is 5. The van der Waals surface area contributed by atoms with Gasteiger partial charge in [0, 0.05) is 6.42 Å². The summed E-state index contributed by atoms with van der Waals surface area (Å²) in [6.07, 6.45) is 15.3. The Morgan fingerprint density at radius 2 is 2.23 bits per heavy atom. The Hall–Kier alpha value is -1.46. The predicted molar refractivity (Wildman–Crippen MR) is 52.9 cm³/mol. The number of hydrogen-bond donors (Lipinski definition) is 0. The standard InChI is InChI=1S/C12H12O/c1-3-7-11(8-4-1)13-12-9-5-2-6-10-12/h1,3-5,9-10H,2,6-7H2. The molecule has 1 heteroatoms. The van der Waals surface area contributed by atoms with E-state index in [0.29, 0.717) is 0 Å². The van der Waals surface area contributed by atoms with E-state index in [2.05, 4.69) is 24.0 Å². The highest BCUT2D eigenvalue weighted by Gasteiger charge is 2.02. The van der Waals surface area contributed by atoms with Crippen molar-refractivity contribution in [2.75, 3.05) is 0 Å². The average molecular weight is 172 g/mol. The molecule has 66 valence electrons. The third kappa shape index (κ3) is 2.24. The summed E-state index contributed by atoms with van der Waals surface area (Å²) < 4.78 is 5.63. The van der Waals surface area contributed by atoms with Crippen LogP contribution < -0.4 is 0 Å². The van der Waals surface area contributed by atoms with Gasteiger partial charge in [0.05, 0.1) is 0 Å². The summed E-state index contributed by atoms with van der Waals surface area (Å²) >= 11 is 0. The lowest BCUT2D eigenvalue weighted by molar-refractivity contribution is 0.310. The van der Waals surface area contributed by atoms with Crippen molar-refractivity contribution < 1.29 is 4.74 Å². The summed E-state index contributed by atoms with van der Waals surface area (Å²) in [5.41, 5.74) is 3.07. The lowest BCUT2D eigenvalue weighted by Gasteiger charge is -2.10. The summed E-state index contributed by atoms with van der Waals surface area (Å²) in [5.74, 6) is 1.86. The second-order valence-corrected chi connectivity index (χ2v) is 3.05. The first-order valence-corrected chi connectivity index (χ1v) is 4.60. The van der Waals surface area contributed by atoms with Crippen LogP contribution in [0.3, 0.4) is 0 Å². The molecule has 0 amide bonds. The van der Waals surface area contributed by atoms with Crippen LogP contribution in [-0.4, -0.2) is 0 Å². The highest BCUT2D eigenvalue weighted by Crippen LogP contribution is 2.17. The summed E-state index contributed by atoms with van der Waals surface area (Å²) in [7, 11) is 0. The third-order valence-electron chi connectivity index (χ3n) is 1.98. The van der Waals surface area contributed by atoms with Gasteiger partial charge in [-0.1, -0.05) is 24.0 Å². The quantitative estimate of drug-likeness (QED) is 0.581. The van der Waals surface area contributed by atoms with Gasteiger partial charge in [0.15, 0.2) is 0 Å². The van der Waals surface area contributed by atoms with Gasteiger partial charge in [0.2, 0.25) is 0 Å². The topological polar surface area (TPSA) is 9.23 Å². The second kappa shape index (κ2) is 3.97. The fourth-order valence-electron chi connectivity index (χ4n) is 1.32. The molecule has 0 saturated heterocycles. The molecule has 1 nitrogen and oxygen atoms in total. The molecule has 0 aromatic rings. The first kappa shape index (κ1) is 8.15. The molecule has 0 bridgehead atoms. The molecule has 13 heavy (non-hydrogen) atoms. The molecule has 0 N–H and O–H groups in total. The molecular formula is C12H12O. The van der Waals surface area contributed by atoms with Crippen LogP contribution in [0.4, 0.5) is 0 Å². The molecule has 0 heterocycles.